The number of carbonyl (C=O) groups excluding carboxylic acids is 2. The molecule has 5 heterocycles. The summed E-state index contributed by atoms with van der Waals surface area (Å²) in [6.45, 7) is 2.83. The van der Waals surface area contributed by atoms with Crippen molar-refractivity contribution in [3.8, 4) is 11.3 Å². The van der Waals surface area contributed by atoms with Crippen molar-refractivity contribution >= 4 is 23.4 Å². The Kier molecular flexibility index (Phi) is 5.28. The zero-order chi connectivity index (χ0) is 24.8. The second kappa shape index (κ2) is 8.63. The van der Waals surface area contributed by atoms with Gasteiger partial charge in [-0.3, -0.25) is 19.7 Å². The maximum atomic E-state index is 13.0. The van der Waals surface area contributed by atoms with E-state index in [0.29, 0.717) is 19.5 Å². The number of pyridine rings is 1. The highest BCUT2D eigenvalue weighted by Gasteiger charge is 2.49. The number of fused-ring (bicyclic) bond motifs is 2. The number of aliphatic imine (C=N–C) groups is 1. The molecule has 0 aliphatic carbocycles. The van der Waals surface area contributed by atoms with Gasteiger partial charge in [0.25, 0.3) is 5.91 Å². The van der Waals surface area contributed by atoms with Crippen molar-refractivity contribution in [1.82, 2.24) is 34.3 Å². The summed E-state index contributed by atoms with van der Waals surface area (Å²) in [5.74, 6) is 0.416. The Morgan fingerprint density at radius 3 is 2.56 bits per heavy atom. The van der Waals surface area contributed by atoms with Crippen molar-refractivity contribution in [2.45, 2.75) is 32.1 Å². The van der Waals surface area contributed by atoms with Gasteiger partial charge in [0.15, 0.2) is 12.2 Å². The maximum absolute atomic E-state index is 13.0. The molecule has 4 aromatic rings. The van der Waals surface area contributed by atoms with Gasteiger partial charge < -0.3 is 9.30 Å². The van der Waals surface area contributed by atoms with Crippen LogP contribution in [0.2, 0.25) is 0 Å². The third-order valence-corrected chi connectivity index (χ3v) is 6.72. The molecule has 182 valence electrons. The van der Waals surface area contributed by atoms with Gasteiger partial charge in [-0.25, -0.2) is 14.8 Å². The molecule has 6 rings (SSSR count). The van der Waals surface area contributed by atoms with E-state index in [1.54, 1.807) is 9.58 Å². The Labute approximate surface area is 207 Å². The molecule has 10 nitrogen and oxygen atoms in total. The molecule has 2 aliphatic rings. The number of hydrogen-bond donors (Lipinski definition) is 1. The lowest BCUT2D eigenvalue weighted by Gasteiger charge is -2.37. The molecule has 3 amide bonds. The molecule has 1 N–H and O–H groups in total. The average Bonchev–Trinajstić information content (AvgIpc) is 3.57. The lowest BCUT2D eigenvalue weighted by Crippen LogP contribution is -2.64. The summed E-state index contributed by atoms with van der Waals surface area (Å²) in [6, 6.07) is 15.0. The van der Waals surface area contributed by atoms with E-state index in [-0.39, 0.29) is 5.91 Å². The van der Waals surface area contributed by atoms with Crippen LogP contribution in [0.3, 0.4) is 0 Å². The van der Waals surface area contributed by atoms with Crippen LogP contribution < -0.4 is 5.32 Å². The summed E-state index contributed by atoms with van der Waals surface area (Å²) in [7, 11) is 1.89. The van der Waals surface area contributed by atoms with Gasteiger partial charge >= 0.3 is 6.03 Å². The summed E-state index contributed by atoms with van der Waals surface area (Å²) >= 11 is 0. The van der Waals surface area contributed by atoms with Crippen LogP contribution in [0.15, 0.2) is 72.1 Å². The standard InChI is InChI=1S/C26H26N8O2/c1-3-33-24-23(25(35)29-26(33)36)34(15-17-7-9-18(10-8-17)20-11-13-31(2)30-20)22(28-24)14-19-16-32-12-5-4-6-21(32)27-19/h4-13,16,23-24H,3,14-15H2,1-2H3,(H,29,35,36). The number of urea groups is 1. The van der Waals surface area contributed by atoms with Crippen LogP contribution >= 0.6 is 0 Å². The number of carbonyl (C=O) groups is 2. The topological polar surface area (TPSA) is 100 Å². The van der Waals surface area contributed by atoms with Crippen molar-refractivity contribution in [2.24, 2.45) is 12.0 Å². The van der Waals surface area contributed by atoms with Gasteiger partial charge in [-0.1, -0.05) is 30.3 Å². The first-order chi connectivity index (χ1) is 17.5. The molecular formula is C26H26N8O2. The molecule has 10 heteroatoms. The molecule has 1 fully saturated rings. The first kappa shape index (κ1) is 22.0. The molecular weight excluding hydrogens is 456 g/mol. The number of hydrogen-bond acceptors (Lipinski definition) is 6. The number of aryl methyl sites for hydroxylation is 1. The predicted molar refractivity (Wildman–Crippen MR) is 134 cm³/mol. The lowest BCUT2D eigenvalue weighted by molar-refractivity contribution is -0.127. The molecule has 0 radical (unpaired) electrons. The molecule has 1 aromatic carbocycles. The highest BCUT2D eigenvalue weighted by molar-refractivity contribution is 6.04. The Morgan fingerprint density at radius 2 is 1.83 bits per heavy atom. The normalized spacial score (nSPS) is 19.6. The molecule has 0 spiro atoms. The van der Waals surface area contributed by atoms with Gasteiger partial charge in [-0.2, -0.15) is 5.10 Å². The number of benzene rings is 1. The van der Waals surface area contributed by atoms with Crippen molar-refractivity contribution in [1.29, 1.82) is 0 Å². The first-order valence-electron chi connectivity index (χ1n) is 12.0. The SMILES string of the molecule is CCN1C(=O)NC(=O)C2C1N=C(Cc1cn3ccccc3n1)N2Cc1ccc(-c2ccn(C)n2)cc1. The smallest absolute Gasteiger partial charge is 0.325 e. The van der Waals surface area contributed by atoms with Crippen molar-refractivity contribution in [3.05, 3.63) is 78.4 Å². The van der Waals surface area contributed by atoms with Crippen LogP contribution in [0, 0.1) is 0 Å². The monoisotopic (exact) mass is 482 g/mol. The Morgan fingerprint density at radius 1 is 1.00 bits per heavy atom. The molecule has 1 saturated heterocycles. The molecule has 2 aliphatic heterocycles. The van der Waals surface area contributed by atoms with E-state index >= 15 is 0 Å². The van der Waals surface area contributed by atoms with E-state index in [1.165, 1.54) is 0 Å². The Bertz CT molecular complexity index is 1450. The second-order valence-electron chi connectivity index (χ2n) is 9.06. The number of aromatic nitrogens is 4. The van der Waals surface area contributed by atoms with Crippen LogP contribution in [0.25, 0.3) is 16.9 Å². The summed E-state index contributed by atoms with van der Waals surface area (Å²) < 4.78 is 3.74. The van der Waals surface area contributed by atoms with E-state index in [2.05, 4.69) is 10.4 Å². The first-order valence-corrected chi connectivity index (χ1v) is 12.0. The van der Waals surface area contributed by atoms with Crippen molar-refractivity contribution in [3.63, 3.8) is 0 Å². The number of rotatable bonds is 6. The van der Waals surface area contributed by atoms with E-state index in [0.717, 1.165) is 34.0 Å². The van der Waals surface area contributed by atoms with Gasteiger partial charge in [0.05, 0.1) is 11.4 Å². The summed E-state index contributed by atoms with van der Waals surface area (Å²) in [5, 5.41) is 6.98. The van der Waals surface area contributed by atoms with Crippen LogP contribution in [-0.4, -0.2) is 65.5 Å². The number of imidazole rings is 1. The number of nitrogens with one attached hydrogen (secondary N) is 1. The minimum atomic E-state index is -0.592. The third kappa shape index (κ3) is 3.80. The number of nitrogens with zero attached hydrogens (tertiary/aromatic N) is 7. The molecule has 0 saturated carbocycles. The van der Waals surface area contributed by atoms with E-state index in [9.17, 15) is 9.59 Å². The van der Waals surface area contributed by atoms with Gasteiger partial charge in [-0.15, -0.1) is 0 Å². The van der Waals surface area contributed by atoms with Crippen LogP contribution in [0.1, 0.15) is 18.2 Å². The van der Waals surface area contributed by atoms with Gasteiger partial charge in [0.1, 0.15) is 11.5 Å². The fourth-order valence-corrected chi connectivity index (χ4v) is 4.96. The predicted octanol–water partition coefficient (Wildman–Crippen LogP) is 2.46. The quantitative estimate of drug-likeness (QED) is 0.455. The molecule has 36 heavy (non-hydrogen) atoms. The average molecular weight is 483 g/mol. The van der Waals surface area contributed by atoms with Gasteiger partial charge in [0, 0.05) is 50.7 Å². The molecule has 0 bridgehead atoms. The lowest BCUT2D eigenvalue weighted by atomic mass is 10.1. The second-order valence-corrected chi connectivity index (χ2v) is 9.06. The molecule has 3 aromatic heterocycles. The van der Waals surface area contributed by atoms with E-state index in [1.807, 2.05) is 90.4 Å². The Balaban J connectivity index is 1.32. The van der Waals surface area contributed by atoms with Gasteiger partial charge in [0.2, 0.25) is 0 Å². The largest absolute Gasteiger partial charge is 0.340 e. The molecule has 2 unspecified atom stereocenters. The van der Waals surface area contributed by atoms with Crippen molar-refractivity contribution < 1.29 is 9.59 Å². The van der Waals surface area contributed by atoms with E-state index in [4.69, 9.17) is 9.98 Å². The van der Waals surface area contributed by atoms with Crippen LogP contribution in [0.5, 0.6) is 0 Å². The highest BCUT2D eigenvalue weighted by atomic mass is 16.2. The van der Waals surface area contributed by atoms with Crippen molar-refractivity contribution in [2.75, 3.05) is 6.54 Å². The minimum absolute atomic E-state index is 0.325. The van der Waals surface area contributed by atoms with Crippen LogP contribution in [-0.2, 0) is 24.8 Å². The maximum Gasteiger partial charge on any atom is 0.325 e. The summed E-state index contributed by atoms with van der Waals surface area (Å²) in [6.07, 6.45) is 5.74. The summed E-state index contributed by atoms with van der Waals surface area (Å²) in [4.78, 5) is 38.7. The number of amidine groups is 1. The minimum Gasteiger partial charge on any atom is -0.340 e. The Hall–Kier alpha value is -4.47. The number of imide groups is 1. The molecule has 2 atom stereocenters. The van der Waals surface area contributed by atoms with Gasteiger partial charge in [-0.05, 0) is 30.7 Å². The number of amides is 3. The third-order valence-electron chi connectivity index (χ3n) is 6.72. The fraction of sp³-hybridized carbons (Fsp3) is 0.269. The fourth-order valence-electron chi connectivity index (χ4n) is 4.96. The zero-order valence-electron chi connectivity index (χ0n) is 20.1. The highest BCUT2D eigenvalue weighted by Crippen LogP contribution is 2.28. The van der Waals surface area contributed by atoms with Crippen LogP contribution in [0.4, 0.5) is 4.79 Å². The number of likely N-dealkylation sites (N-methyl/N-ethyl adjacent to an activating group) is 1. The zero-order valence-corrected chi connectivity index (χ0v) is 20.1. The summed E-state index contributed by atoms with van der Waals surface area (Å²) in [5.41, 5.74) is 4.66. The van der Waals surface area contributed by atoms with E-state index < -0.39 is 18.2 Å².